The first kappa shape index (κ1) is 18.1. The summed E-state index contributed by atoms with van der Waals surface area (Å²) < 4.78 is 7.62. The first-order valence-corrected chi connectivity index (χ1v) is 9.69. The molecule has 1 aromatic heterocycles. The van der Waals surface area contributed by atoms with Crippen molar-refractivity contribution in [2.24, 2.45) is 0 Å². The maximum absolute atomic E-state index is 5.27. The molecule has 0 saturated heterocycles. The molecule has 0 atom stereocenters. The van der Waals surface area contributed by atoms with Crippen LogP contribution in [0.25, 0.3) is 11.0 Å². The molecule has 4 heteroatoms. The molecule has 0 aliphatic carbocycles. The van der Waals surface area contributed by atoms with Crippen LogP contribution in [0, 0.1) is 0 Å². The zero-order valence-electron chi connectivity index (χ0n) is 16.1. The van der Waals surface area contributed by atoms with Crippen molar-refractivity contribution >= 4 is 16.7 Å². The van der Waals surface area contributed by atoms with Gasteiger partial charge in [-0.15, -0.1) is 0 Å². The minimum atomic E-state index is 0.810. The molecular formula is C24H25N3O. The Bertz CT molecular complexity index is 1020. The number of para-hydroxylation sites is 3. The lowest BCUT2D eigenvalue weighted by Gasteiger charge is -2.11. The Hall–Kier alpha value is -3.27. The molecule has 0 fully saturated rings. The van der Waals surface area contributed by atoms with Gasteiger partial charge < -0.3 is 14.6 Å². The van der Waals surface area contributed by atoms with Gasteiger partial charge in [-0.2, -0.15) is 0 Å². The summed E-state index contributed by atoms with van der Waals surface area (Å²) in [5.74, 6) is 1.98. The fraction of sp³-hybridized carbons (Fsp3) is 0.208. The van der Waals surface area contributed by atoms with Gasteiger partial charge in [-0.25, -0.2) is 4.98 Å². The van der Waals surface area contributed by atoms with Crippen molar-refractivity contribution < 1.29 is 4.74 Å². The van der Waals surface area contributed by atoms with E-state index in [1.165, 1.54) is 11.1 Å². The van der Waals surface area contributed by atoms with Gasteiger partial charge in [0.05, 0.1) is 18.1 Å². The van der Waals surface area contributed by atoms with Gasteiger partial charge in [-0.1, -0.05) is 42.5 Å². The number of methoxy groups -OCH3 is 1. The van der Waals surface area contributed by atoms with E-state index in [1.807, 2.05) is 24.3 Å². The van der Waals surface area contributed by atoms with Crippen LogP contribution in [0.1, 0.15) is 17.8 Å². The molecular weight excluding hydrogens is 346 g/mol. The second-order valence-electron chi connectivity index (χ2n) is 6.84. The highest BCUT2D eigenvalue weighted by molar-refractivity contribution is 5.76. The Balaban J connectivity index is 1.49. The normalized spacial score (nSPS) is 10.9. The summed E-state index contributed by atoms with van der Waals surface area (Å²) in [7, 11) is 1.69. The summed E-state index contributed by atoms with van der Waals surface area (Å²) in [6, 6.07) is 27.0. The van der Waals surface area contributed by atoms with Gasteiger partial charge in [0.25, 0.3) is 0 Å². The van der Waals surface area contributed by atoms with Crippen LogP contribution in [-0.2, 0) is 13.0 Å². The number of aromatic nitrogens is 2. The van der Waals surface area contributed by atoms with E-state index < -0.39 is 0 Å². The molecule has 0 aliphatic rings. The molecule has 142 valence electrons. The van der Waals surface area contributed by atoms with Crippen molar-refractivity contribution in [2.75, 3.05) is 19.0 Å². The Kier molecular flexibility index (Phi) is 5.57. The lowest BCUT2D eigenvalue weighted by Crippen LogP contribution is -2.09. The molecule has 28 heavy (non-hydrogen) atoms. The first-order valence-electron chi connectivity index (χ1n) is 9.69. The van der Waals surface area contributed by atoms with Gasteiger partial charge in [0.2, 0.25) is 0 Å². The van der Waals surface area contributed by atoms with Crippen molar-refractivity contribution in [3.63, 3.8) is 0 Å². The second-order valence-corrected chi connectivity index (χ2v) is 6.84. The lowest BCUT2D eigenvalue weighted by molar-refractivity contribution is 0.414. The number of aryl methyl sites for hydroxylation is 1. The summed E-state index contributed by atoms with van der Waals surface area (Å²) in [5, 5.41) is 3.49. The monoisotopic (exact) mass is 371 g/mol. The largest absolute Gasteiger partial charge is 0.497 e. The standard InChI is InChI=1S/C24H25N3O/c1-28-21-14-12-19(13-15-21)18-24-26-22-10-5-6-11-23(22)27(24)17-7-16-25-20-8-3-2-4-9-20/h2-6,8-15,25H,7,16-18H2,1H3. The molecule has 1 N–H and O–H groups in total. The number of anilines is 1. The number of benzene rings is 3. The quantitative estimate of drug-likeness (QED) is 0.436. The average molecular weight is 371 g/mol. The average Bonchev–Trinajstić information content (AvgIpc) is 3.09. The van der Waals surface area contributed by atoms with Crippen molar-refractivity contribution in [1.29, 1.82) is 0 Å². The fourth-order valence-corrected chi connectivity index (χ4v) is 3.46. The van der Waals surface area contributed by atoms with Gasteiger partial charge in [-0.05, 0) is 48.4 Å². The zero-order chi connectivity index (χ0) is 19.2. The number of nitrogens with one attached hydrogen (secondary N) is 1. The van der Waals surface area contributed by atoms with Crippen molar-refractivity contribution in [1.82, 2.24) is 9.55 Å². The van der Waals surface area contributed by atoms with Gasteiger partial charge in [-0.3, -0.25) is 0 Å². The highest BCUT2D eigenvalue weighted by atomic mass is 16.5. The predicted octanol–water partition coefficient (Wildman–Crippen LogP) is 5.14. The minimum Gasteiger partial charge on any atom is -0.497 e. The number of ether oxygens (including phenoxy) is 1. The van der Waals surface area contributed by atoms with Gasteiger partial charge in [0.1, 0.15) is 11.6 Å². The summed E-state index contributed by atoms with van der Waals surface area (Å²) in [4.78, 5) is 4.90. The maximum atomic E-state index is 5.27. The highest BCUT2D eigenvalue weighted by Crippen LogP contribution is 2.20. The van der Waals surface area contributed by atoms with Crippen molar-refractivity contribution in [3.8, 4) is 5.75 Å². The SMILES string of the molecule is COc1ccc(Cc2nc3ccccc3n2CCCNc2ccccc2)cc1. The fourth-order valence-electron chi connectivity index (χ4n) is 3.46. The van der Waals surface area contributed by atoms with E-state index >= 15 is 0 Å². The van der Waals surface area contributed by atoms with E-state index in [4.69, 9.17) is 9.72 Å². The van der Waals surface area contributed by atoms with E-state index in [-0.39, 0.29) is 0 Å². The smallest absolute Gasteiger partial charge is 0.118 e. The number of rotatable bonds is 8. The minimum absolute atomic E-state index is 0.810. The Labute approximate surface area is 165 Å². The van der Waals surface area contributed by atoms with Gasteiger partial charge in [0, 0.05) is 25.2 Å². The van der Waals surface area contributed by atoms with E-state index in [1.54, 1.807) is 7.11 Å². The van der Waals surface area contributed by atoms with E-state index in [0.29, 0.717) is 0 Å². The first-order chi connectivity index (χ1) is 13.8. The third-order valence-corrected chi connectivity index (χ3v) is 4.92. The van der Waals surface area contributed by atoms with Gasteiger partial charge >= 0.3 is 0 Å². The molecule has 0 aliphatic heterocycles. The number of nitrogens with zero attached hydrogens (tertiary/aromatic N) is 2. The Morgan fingerprint density at radius 3 is 2.43 bits per heavy atom. The molecule has 0 radical (unpaired) electrons. The third-order valence-electron chi connectivity index (χ3n) is 4.92. The van der Waals surface area contributed by atoms with Crippen LogP contribution < -0.4 is 10.1 Å². The van der Waals surface area contributed by atoms with Crippen molar-refractivity contribution in [3.05, 3.63) is 90.3 Å². The number of fused-ring (bicyclic) bond motifs is 1. The Morgan fingerprint density at radius 1 is 0.893 bits per heavy atom. The summed E-state index contributed by atoms with van der Waals surface area (Å²) in [6.45, 7) is 1.87. The molecule has 0 bridgehead atoms. The van der Waals surface area contributed by atoms with E-state index in [2.05, 4.69) is 64.5 Å². The molecule has 4 nitrogen and oxygen atoms in total. The Morgan fingerprint density at radius 2 is 1.64 bits per heavy atom. The summed E-state index contributed by atoms with van der Waals surface area (Å²) in [5.41, 5.74) is 4.66. The molecule has 1 heterocycles. The number of hydrogen-bond donors (Lipinski definition) is 1. The number of imidazole rings is 1. The second kappa shape index (κ2) is 8.61. The van der Waals surface area contributed by atoms with E-state index in [9.17, 15) is 0 Å². The molecule has 0 spiro atoms. The molecule has 4 aromatic rings. The number of hydrogen-bond acceptors (Lipinski definition) is 3. The molecule has 0 saturated carbocycles. The topological polar surface area (TPSA) is 39.1 Å². The van der Waals surface area contributed by atoms with Crippen LogP contribution in [0.4, 0.5) is 5.69 Å². The molecule has 3 aromatic carbocycles. The van der Waals surface area contributed by atoms with Crippen LogP contribution in [0.2, 0.25) is 0 Å². The van der Waals surface area contributed by atoms with Gasteiger partial charge in [0.15, 0.2) is 0 Å². The van der Waals surface area contributed by atoms with Crippen LogP contribution in [0.3, 0.4) is 0 Å². The predicted molar refractivity (Wildman–Crippen MR) is 115 cm³/mol. The zero-order valence-corrected chi connectivity index (χ0v) is 16.1. The highest BCUT2D eigenvalue weighted by Gasteiger charge is 2.11. The molecule has 0 unspecified atom stereocenters. The summed E-state index contributed by atoms with van der Waals surface area (Å²) >= 11 is 0. The van der Waals surface area contributed by atoms with E-state index in [0.717, 1.165) is 48.7 Å². The van der Waals surface area contributed by atoms with Crippen LogP contribution >= 0.6 is 0 Å². The van der Waals surface area contributed by atoms with Crippen molar-refractivity contribution in [2.45, 2.75) is 19.4 Å². The summed E-state index contributed by atoms with van der Waals surface area (Å²) in [6.07, 6.45) is 1.84. The van der Waals surface area contributed by atoms with Crippen LogP contribution in [0.15, 0.2) is 78.9 Å². The molecule has 0 amide bonds. The van der Waals surface area contributed by atoms with Crippen LogP contribution in [0.5, 0.6) is 5.75 Å². The van der Waals surface area contributed by atoms with Crippen LogP contribution in [-0.4, -0.2) is 23.2 Å². The third kappa shape index (κ3) is 4.17. The lowest BCUT2D eigenvalue weighted by atomic mass is 10.1. The maximum Gasteiger partial charge on any atom is 0.118 e. The molecule has 4 rings (SSSR count).